The average molecular weight is 313 g/mol. The lowest BCUT2D eigenvalue weighted by Gasteiger charge is -2.19. The zero-order valence-corrected chi connectivity index (χ0v) is 12.7. The second-order valence-corrected chi connectivity index (χ2v) is 6.78. The fourth-order valence-electron chi connectivity index (χ4n) is 2.82. The summed E-state index contributed by atoms with van der Waals surface area (Å²) in [7, 11) is 0. The zero-order valence-electron chi connectivity index (χ0n) is 11.2. The molecule has 0 aliphatic carbocycles. The number of nitrogens with zero attached hydrogens (tertiary/aromatic N) is 1. The van der Waals surface area contributed by atoms with Crippen molar-refractivity contribution < 1.29 is 9.63 Å². The number of benzene rings is 1. The fraction of sp³-hybridized carbons (Fsp3) is 0.429. The number of oxime groups is 1. The first-order valence-corrected chi connectivity index (χ1v) is 7.10. The quantitative estimate of drug-likeness (QED) is 0.866. The van der Waals surface area contributed by atoms with E-state index in [1.165, 1.54) is 0 Å². The van der Waals surface area contributed by atoms with Gasteiger partial charge in [-0.05, 0) is 26.0 Å². The van der Waals surface area contributed by atoms with Gasteiger partial charge in [0.25, 0.3) is 5.91 Å². The van der Waals surface area contributed by atoms with Gasteiger partial charge in [-0.25, -0.2) is 0 Å². The number of rotatable bonds is 1. The third kappa shape index (κ3) is 2.17. The van der Waals surface area contributed by atoms with Gasteiger partial charge in [0.05, 0.1) is 10.7 Å². The lowest BCUT2D eigenvalue weighted by atomic mass is 9.87. The van der Waals surface area contributed by atoms with Gasteiger partial charge < -0.3 is 10.2 Å². The maximum absolute atomic E-state index is 12.2. The van der Waals surface area contributed by atoms with Crippen molar-refractivity contribution in [1.82, 2.24) is 5.32 Å². The SMILES string of the molecule is CC1(C)CC2(CC(c3ccc(Cl)cc3Cl)=NO2)C(=O)N1. The molecule has 6 heteroatoms. The Hall–Kier alpha value is -1.26. The van der Waals surface area contributed by atoms with Gasteiger partial charge in [0, 0.05) is 29.0 Å². The van der Waals surface area contributed by atoms with Crippen LogP contribution in [-0.4, -0.2) is 22.8 Å². The summed E-state index contributed by atoms with van der Waals surface area (Å²) in [6.45, 7) is 3.94. The smallest absolute Gasteiger partial charge is 0.267 e. The van der Waals surface area contributed by atoms with Crippen LogP contribution in [0.2, 0.25) is 10.0 Å². The molecular formula is C14H14Cl2N2O2. The molecule has 2 heterocycles. The number of nitrogens with one attached hydrogen (secondary N) is 1. The van der Waals surface area contributed by atoms with E-state index in [0.717, 1.165) is 5.56 Å². The summed E-state index contributed by atoms with van der Waals surface area (Å²) in [6.07, 6.45) is 1.00. The lowest BCUT2D eigenvalue weighted by Crippen LogP contribution is -2.39. The Morgan fingerprint density at radius 1 is 1.35 bits per heavy atom. The van der Waals surface area contributed by atoms with Gasteiger partial charge in [-0.3, -0.25) is 4.79 Å². The Morgan fingerprint density at radius 3 is 2.70 bits per heavy atom. The van der Waals surface area contributed by atoms with Crippen LogP contribution in [0.5, 0.6) is 0 Å². The highest BCUT2D eigenvalue weighted by atomic mass is 35.5. The van der Waals surface area contributed by atoms with Gasteiger partial charge in [-0.1, -0.05) is 34.4 Å². The first-order chi connectivity index (χ1) is 9.31. The Bertz CT molecular complexity index is 628. The average Bonchev–Trinajstić information content (AvgIpc) is 2.81. The molecule has 1 fully saturated rings. The van der Waals surface area contributed by atoms with Crippen LogP contribution in [0.1, 0.15) is 32.3 Å². The van der Waals surface area contributed by atoms with Crippen molar-refractivity contribution in [3.63, 3.8) is 0 Å². The molecule has 1 saturated heterocycles. The number of carbonyl (C=O) groups is 1. The van der Waals surface area contributed by atoms with Crippen molar-refractivity contribution in [3.05, 3.63) is 33.8 Å². The molecule has 0 saturated carbocycles. The van der Waals surface area contributed by atoms with E-state index in [4.69, 9.17) is 28.0 Å². The maximum atomic E-state index is 12.2. The third-order valence-corrected chi connectivity index (χ3v) is 4.17. The molecule has 1 aromatic rings. The topological polar surface area (TPSA) is 50.7 Å². The van der Waals surface area contributed by atoms with Crippen LogP contribution in [0, 0.1) is 0 Å². The van der Waals surface area contributed by atoms with Gasteiger partial charge in [-0.15, -0.1) is 0 Å². The number of amides is 1. The summed E-state index contributed by atoms with van der Waals surface area (Å²) in [5.74, 6) is -0.119. The molecule has 1 amide bonds. The highest BCUT2D eigenvalue weighted by Crippen LogP contribution is 2.40. The molecule has 1 atom stereocenters. The molecule has 0 bridgehead atoms. The molecule has 1 N–H and O–H groups in total. The molecule has 2 aliphatic heterocycles. The van der Waals surface area contributed by atoms with Gasteiger partial charge in [0.1, 0.15) is 0 Å². The van der Waals surface area contributed by atoms with Crippen LogP contribution in [0.25, 0.3) is 0 Å². The van der Waals surface area contributed by atoms with Crippen LogP contribution >= 0.6 is 23.2 Å². The van der Waals surface area contributed by atoms with E-state index >= 15 is 0 Å². The van der Waals surface area contributed by atoms with Gasteiger partial charge >= 0.3 is 0 Å². The van der Waals surface area contributed by atoms with Crippen molar-refractivity contribution in [2.75, 3.05) is 0 Å². The third-order valence-electron chi connectivity index (χ3n) is 3.62. The fourth-order valence-corrected chi connectivity index (χ4v) is 3.34. The van der Waals surface area contributed by atoms with Gasteiger partial charge in [-0.2, -0.15) is 0 Å². The Labute approximate surface area is 127 Å². The normalized spacial score (nSPS) is 27.4. The van der Waals surface area contributed by atoms with Crippen LogP contribution < -0.4 is 5.32 Å². The van der Waals surface area contributed by atoms with Gasteiger partial charge in [0.2, 0.25) is 5.60 Å². The first kappa shape index (κ1) is 13.7. The molecule has 2 aliphatic rings. The van der Waals surface area contributed by atoms with Crippen molar-refractivity contribution in [1.29, 1.82) is 0 Å². The minimum atomic E-state index is -0.901. The largest absolute Gasteiger partial charge is 0.378 e. The second-order valence-electron chi connectivity index (χ2n) is 5.94. The molecule has 1 aromatic carbocycles. The van der Waals surface area contributed by atoms with Crippen molar-refractivity contribution >= 4 is 34.8 Å². The van der Waals surface area contributed by atoms with Crippen LogP contribution in [0.15, 0.2) is 23.4 Å². The molecule has 0 aromatic heterocycles. The zero-order chi connectivity index (χ0) is 14.5. The number of hydrogen-bond donors (Lipinski definition) is 1. The first-order valence-electron chi connectivity index (χ1n) is 6.34. The Morgan fingerprint density at radius 2 is 2.10 bits per heavy atom. The molecule has 106 valence electrons. The molecule has 20 heavy (non-hydrogen) atoms. The minimum Gasteiger partial charge on any atom is -0.378 e. The van der Waals surface area contributed by atoms with E-state index in [1.54, 1.807) is 18.2 Å². The highest BCUT2D eigenvalue weighted by molar-refractivity contribution is 6.37. The van der Waals surface area contributed by atoms with E-state index in [-0.39, 0.29) is 11.4 Å². The van der Waals surface area contributed by atoms with E-state index in [2.05, 4.69) is 10.5 Å². The van der Waals surface area contributed by atoms with Crippen molar-refractivity contribution in [2.24, 2.45) is 5.16 Å². The predicted molar refractivity (Wildman–Crippen MR) is 78.3 cm³/mol. The monoisotopic (exact) mass is 312 g/mol. The van der Waals surface area contributed by atoms with E-state index < -0.39 is 5.60 Å². The maximum Gasteiger partial charge on any atom is 0.267 e. The van der Waals surface area contributed by atoms with Crippen LogP contribution in [-0.2, 0) is 9.63 Å². The summed E-state index contributed by atoms with van der Waals surface area (Å²) in [5, 5.41) is 8.08. The number of carbonyl (C=O) groups excluding carboxylic acids is 1. The number of halogens is 2. The molecule has 3 rings (SSSR count). The van der Waals surface area contributed by atoms with E-state index in [0.29, 0.717) is 28.6 Å². The van der Waals surface area contributed by atoms with Gasteiger partial charge in [0.15, 0.2) is 0 Å². The minimum absolute atomic E-state index is 0.119. The Balaban J connectivity index is 1.88. The summed E-state index contributed by atoms with van der Waals surface area (Å²) < 4.78 is 0. The summed E-state index contributed by atoms with van der Waals surface area (Å²) in [6, 6.07) is 5.20. The number of hydrogen-bond acceptors (Lipinski definition) is 3. The molecular weight excluding hydrogens is 299 g/mol. The lowest BCUT2D eigenvalue weighted by molar-refractivity contribution is -0.138. The standard InChI is InChI=1S/C14H14Cl2N2O2/c1-13(2)7-14(12(19)17-13)6-11(18-20-14)9-4-3-8(15)5-10(9)16/h3-5H,6-7H2,1-2H3,(H,17,19). The van der Waals surface area contributed by atoms with Crippen molar-refractivity contribution in [2.45, 2.75) is 37.8 Å². The van der Waals surface area contributed by atoms with Crippen LogP contribution in [0.4, 0.5) is 0 Å². The summed E-state index contributed by atoms with van der Waals surface area (Å²) in [5.41, 5.74) is 0.248. The summed E-state index contributed by atoms with van der Waals surface area (Å²) in [4.78, 5) is 17.7. The summed E-state index contributed by atoms with van der Waals surface area (Å²) >= 11 is 12.1. The highest BCUT2D eigenvalue weighted by Gasteiger charge is 2.56. The predicted octanol–water partition coefficient (Wildman–Crippen LogP) is 3.16. The Kier molecular flexibility index (Phi) is 2.99. The molecule has 1 spiro atoms. The molecule has 1 unspecified atom stereocenters. The van der Waals surface area contributed by atoms with E-state index in [9.17, 15) is 4.79 Å². The van der Waals surface area contributed by atoms with Crippen molar-refractivity contribution in [3.8, 4) is 0 Å². The second kappa shape index (κ2) is 4.37. The molecule has 4 nitrogen and oxygen atoms in total. The van der Waals surface area contributed by atoms with E-state index in [1.807, 2.05) is 13.8 Å². The molecule has 0 radical (unpaired) electrons. The van der Waals surface area contributed by atoms with Crippen LogP contribution in [0.3, 0.4) is 0 Å².